The fourth-order valence-electron chi connectivity index (χ4n) is 2.12. The van der Waals surface area contributed by atoms with Crippen molar-refractivity contribution < 1.29 is 5.11 Å². The monoisotopic (exact) mass is 248 g/mol. The van der Waals surface area contributed by atoms with Crippen molar-refractivity contribution in [3.8, 4) is 0 Å². The van der Waals surface area contributed by atoms with Crippen molar-refractivity contribution in [1.82, 2.24) is 19.3 Å². The minimum Gasteiger partial charge on any atom is -0.386 e. The van der Waals surface area contributed by atoms with Gasteiger partial charge in [0, 0.05) is 32.4 Å². The molecule has 0 saturated heterocycles. The molecule has 2 heterocycles. The largest absolute Gasteiger partial charge is 0.386 e. The summed E-state index contributed by atoms with van der Waals surface area (Å²) < 4.78 is 3.79. The second kappa shape index (κ2) is 5.35. The van der Waals surface area contributed by atoms with Crippen LogP contribution in [0.25, 0.3) is 0 Å². The van der Waals surface area contributed by atoms with Crippen molar-refractivity contribution in [2.45, 2.75) is 39.3 Å². The number of aromatic nitrogens is 4. The molecule has 2 rings (SSSR count). The van der Waals surface area contributed by atoms with Crippen molar-refractivity contribution >= 4 is 0 Å². The zero-order valence-corrected chi connectivity index (χ0v) is 11.2. The van der Waals surface area contributed by atoms with Gasteiger partial charge in [-0.15, -0.1) is 0 Å². The van der Waals surface area contributed by atoms with Crippen LogP contribution in [0.15, 0.2) is 18.5 Å². The van der Waals surface area contributed by atoms with E-state index in [1.54, 1.807) is 10.9 Å². The van der Waals surface area contributed by atoms with E-state index in [9.17, 15) is 5.11 Å². The molecule has 0 fully saturated rings. The third-order valence-corrected chi connectivity index (χ3v) is 3.19. The maximum Gasteiger partial charge on any atom is 0.111 e. The smallest absolute Gasteiger partial charge is 0.111 e. The van der Waals surface area contributed by atoms with E-state index in [-0.39, 0.29) is 0 Å². The van der Waals surface area contributed by atoms with E-state index < -0.39 is 6.10 Å². The van der Waals surface area contributed by atoms with Crippen LogP contribution >= 0.6 is 0 Å². The number of hydrogen-bond acceptors (Lipinski definition) is 3. The Morgan fingerprint density at radius 3 is 2.78 bits per heavy atom. The van der Waals surface area contributed by atoms with Crippen molar-refractivity contribution in [2.75, 3.05) is 0 Å². The summed E-state index contributed by atoms with van der Waals surface area (Å²) in [5.41, 5.74) is 1.85. The van der Waals surface area contributed by atoms with Gasteiger partial charge in [0.15, 0.2) is 0 Å². The van der Waals surface area contributed by atoms with Crippen molar-refractivity contribution in [1.29, 1.82) is 0 Å². The molecule has 0 spiro atoms. The minimum atomic E-state index is -0.560. The first-order valence-corrected chi connectivity index (χ1v) is 6.36. The summed E-state index contributed by atoms with van der Waals surface area (Å²) in [5.74, 6) is 0.907. The molecule has 1 atom stereocenters. The van der Waals surface area contributed by atoms with Crippen LogP contribution in [0, 0.1) is 0 Å². The van der Waals surface area contributed by atoms with Crippen molar-refractivity contribution in [3.63, 3.8) is 0 Å². The first-order chi connectivity index (χ1) is 8.65. The van der Waals surface area contributed by atoms with Crippen LogP contribution in [0.5, 0.6) is 0 Å². The third-order valence-electron chi connectivity index (χ3n) is 3.19. The fraction of sp³-hybridized carbons (Fsp3) is 0.538. The van der Waals surface area contributed by atoms with Crippen LogP contribution in [0.4, 0.5) is 0 Å². The van der Waals surface area contributed by atoms with E-state index in [1.165, 1.54) is 0 Å². The topological polar surface area (TPSA) is 55.9 Å². The highest BCUT2D eigenvalue weighted by Crippen LogP contribution is 2.18. The molecule has 5 nitrogen and oxygen atoms in total. The Morgan fingerprint density at radius 2 is 2.17 bits per heavy atom. The molecule has 98 valence electrons. The van der Waals surface area contributed by atoms with Gasteiger partial charge in [0.05, 0.1) is 11.4 Å². The van der Waals surface area contributed by atoms with Gasteiger partial charge in [-0.25, -0.2) is 4.98 Å². The summed E-state index contributed by atoms with van der Waals surface area (Å²) >= 11 is 0. The Morgan fingerprint density at radius 1 is 1.39 bits per heavy atom. The first kappa shape index (κ1) is 12.8. The van der Waals surface area contributed by atoms with Crippen molar-refractivity contribution in [2.24, 2.45) is 7.05 Å². The highest BCUT2D eigenvalue weighted by Gasteiger charge is 2.16. The molecule has 0 aromatic carbocycles. The van der Waals surface area contributed by atoms with E-state index in [0.717, 1.165) is 30.2 Å². The van der Waals surface area contributed by atoms with Gasteiger partial charge in [0.2, 0.25) is 0 Å². The number of aliphatic hydroxyl groups excluding tert-OH is 1. The van der Waals surface area contributed by atoms with Crippen LogP contribution in [0.1, 0.15) is 37.2 Å². The molecule has 0 radical (unpaired) electrons. The predicted molar refractivity (Wildman–Crippen MR) is 69.2 cm³/mol. The lowest BCUT2D eigenvalue weighted by molar-refractivity contribution is 0.165. The lowest BCUT2D eigenvalue weighted by Crippen LogP contribution is -2.11. The second-order valence-electron chi connectivity index (χ2n) is 4.39. The molecule has 1 N–H and O–H groups in total. The number of imidazole rings is 1. The van der Waals surface area contributed by atoms with Gasteiger partial charge >= 0.3 is 0 Å². The van der Waals surface area contributed by atoms with Crippen LogP contribution in [0.2, 0.25) is 0 Å². The molecule has 0 amide bonds. The summed E-state index contributed by atoms with van der Waals surface area (Å²) in [6.07, 6.45) is 4.54. The third kappa shape index (κ3) is 2.46. The molecule has 0 aliphatic heterocycles. The maximum absolute atomic E-state index is 10.3. The van der Waals surface area contributed by atoms with E-state index in [2.05, 4.69) is 23.9 Å². The molecule has 2 aromatic heterocycles. The lowest BCUT2D eigenvalue weighted by atomic mass is 10.1. The number of hydrogen-bond donors (Lipinski definition) is 1. The fourth-order valence-corrected chi connectivity index (χ4v) is 2.12. The van der Waals surface area contributed by atoms with Crippen LogP contribution in [-0.2, 0) is 26.4 Å². The number of nitrogens with zero attached hydrogens (tertiary/aromatic N) is 4. The highest BCUT2D eigenvalue weighted by molar-refractivity contribution is 5.14. The standard InChI is InChI=1S/C13H20N4O/c1-4-10-8-11(16(3)15-10)12(18)9-13-14-6-7-17(13)5-2/h6-8,12,18H,4-5,9H2,1-3H3. The molecule has 1 unspecified atom stereocenters. The average molecular weight is 248 g/mol. The molecule has 0 saturated carbocycles. The zero-order valence-electron chi connectivity index (χ0n) is 11.2. The average Bonchev–Trinajstić information content (AvgIpc) is 2.95. The summed E-state index contributed by atoms with van der Waals surface area (Å²) in [5, 5.41) is 14.6. The van der Waals surface area contributed by atoms with Gasteiger partial charge in [-0.3, -0.25) is 4.68 Å². The Bertz CT molecular complexity index is 515. The minimum absolute atomic E-state index is 0.517. The first-order valence-electron chi connectivity index (χ1n) is 6.36. The van der Waals surface area contributed by atoms with Crippen molar-refractivity contribution in [3.05, 3.63) is 35.7 Å². The second-order valence-corrected chi connectivity index (χ2v) is 4.39. The molecule has 18 heavy (non-hydrogen) atoms. The Balaban J connectivity index is 2.16. The van der Waals surface area contributed by atoms with Gasteiger partial charge in [0.25, 0.3) is 0 Å². The number of aliphatic hydroxyl groups is 1. The molecular weight excluding hydrogens is 228 g/mol. The van der Waals surface area contributed by atoms with Gasteiger partial charge < -0.3 is 9.67 Å². The summed E-state index contributed by atoms with van der Waals surface area (Å²) in [6.45, 7) is 4.99. The van der Waals surface area contributed by atoms with E-state index in [4.69, 9.17) is 0 Å². The maximum atomic E-state index is 10.3. The van der Waals surface area contributed by atoms with Gasteiger partial charge in [-0.05, 0) is 19.4 Å². The molecule has 2 aromatic rings. The van der Waals surface area contributed by atoms with E-state index >= 15 is 0 Å². The van der Waals surface area contributed by atoms with Gasteiger partial charge in [-0.1, -0.05) is 6.92 Å². The number of aryl methyl sites for hydroxylation is 3. The molecule has 5 heteroatoms. The Hall–Kier alpha value is -1.62. The molecule has 0 bridgehead atoms. The predicted octanol–water partition coefficient (Wildman–Crippen LogP) is 1.47. The highest BCUT2D eigenvalue weighted by atomic mass is 16.3. The quantitative estimate of drug-likeness (QED) is 0.872. The number of rotatable bonds is 5. The summed E-state index contributed by atoms with van der Waals surface area (Å²) in [4.78, 5) is 4.28. The van der Waals surface area contributed by atoms with Gasteiger partial charge in [-0.2, -0.15) is 5.10 Å². The van der Waals surface area contributed by atoms with Crippen LogP contribution < -0.4 is 0 Å². The van der Waals surface area contributed by atoms with Crippen LogP contribution in [-0.4, -0.2) is 24.4 Å². The zero-order chi connectivity index (χ0) is 13.1. The lowest BCUT2D eigenvalue weighted by Gasteiger charge is -2.11. The van der Waals surface area contributed by atoms with E-state index in [0.29, 0.717) is 6.42 Å². The molecular formula is C13H20N4O. The molecule has 0 aliphatic rings. The van der Waals surface area contributed by atoms with E-state index in [1.807, 2.05) is 23.9 Å². The van der Waals surface area contributed by atoms with Gasteiger partial charge in [0.1, 0.15) is 11.9 Å². The Kier molecular flexibility index (Phi) is 3.81. The summed E-state index contributed by atoms with van der Waals surface area (Å²) in [6, 6.07) is 1.96. The summed E-state index contributed by atoms with van der Waals surface area (Å²) in [7, 11) is 1.87. The Labute approximate surface area is 107 Å². The SMILES string of the molecule is CCc1cc(C(O)Cc2nccn2CC)n(C)n1. The molecule has 0 aliphatic carbocycles. The van der Waals surface area contributed by atoms with Crippen LogP contribution in [0.3, 0.4) is 0 Å². The normalized spacial score (nSPS) is 12.9.